The number of rotatable bonds is 9. The van der Waals surface area contributed by atoms with Gasteiger partial charge in [-0.3, -0.25) is 4.79 Å². The molecule has 2 N–H and O–H groups in total. The minimum absolute atomic E-state index is 0.164. The van der Waals surface area contributed by atoms with Crippen molar-refractivity contribution >= 4 is 39.1 Å². The topological polar surface area (TPSA) is 87.7 Å². The van der Waals surface area contributed by atoms with E-state index in [4.69, 9.17) is 4.74 Å². The number of carbonyl (C=O) groups is 1. The first-order valence-corrected chi connectivity index (χ1v) is 13.4. The van der Waals surface area contributed by atoms with Gasteiger partial charge in [0.1, 0.15) is 6.04 Å². The number of hydrogen-bond acceptors (Lipinski definition) is 6. The number of thioether (sulfide) groups is 1. The predicted octanol–water partition coefficient (Wildman–Crippen LogP) is 3.58. The summed E-state index contributed by atoms with van der Waals surface area (Å²) in [6.07, 6.45) is -2.72. The number of alkyl halides is 3. The number of nitrogens with one attached hydrogen (secondary N) is 2. The lowest BCUT2D eigenvalue weighted by Gasteiger charge is -2.29. The summed E-state index contributed by atoms with van der Waals surface area (Å²) in [5, 5.41) is 2.69. The molecule has 3 rings (SSSR count). The highest BCUT2D eigenvalue weighted by Gasteiger charge is 2.32. The van der Waals surface area contributed by atoms with Crippen molar-refractivity contribution in [1.82, 2.24) is 4.72 Å². The first-order chi connectivity index (χ1) is 16.1. The zero-order valence-electron chi connectivity index (χ0n) is 18.5. The number of nitrogens with zero attached hydrogens (tertiary/aromatic N) is 1. The quantitative estimate of drug-likeness (QED) is 0.529. The third kappa shape index (κ3) is 7.11. The van der Waals surface area contributed by atoms with Gasteiger partial charge in [-0.05, 0) is 60.9 Å². The Bertz CT molecular complexity index is 1070. The van der Waals surface area contributed by atoms with E-state index < -0.39 is 38.6 Å². The van der Waals surface area contributed by atoms with Gasteiger partial charge >= 0.3 is 6.18 Å². The number of halogens is 3. The molecular formula is C22H26F3N3O4S2. The van der Waals surface area contributed by atoms with Crippen molar-refractivity contribution in [2.75, 3.05) is 48.5 Å². The molecule has 34 heavy (non-hydrogen) atoms. The van der Waals surface area contributed by atoms with Gasteiger partial charge in [0.25, 0.3) is 0 Å². The molecule has 186 valence electrons. The third-order valence-corrected chi connectivity index (χ3v) is 7.32. The van der Waals surface area contributed by atoms with E-state index in [0.717, 1.165) is 37.0 Å². The highest BCUT2D eigenvalue weighted by molar-refractivity contribution is 7.98. The van der Waals surface area contributed by atoms with Gasteiger partial charge < -0.3 is 15.0 Å². The smallest absolute Gasteiger partial charge is 0.378 e. The lowest BCUT2D eigenvalue weighted by Crippen LogP contribution is -2.44. The maximum absolute atomic E-state index is 13.0. The van der Waals surface area contributed by atoms with Crippen LogP contribution in [0.15, 0.2) is 53.4 Å². The Morgan fingerprint density at radius 2 is 1.82 bits per heavy atom. The second-order valence-corrected chi connectivity index (χ2v) is 10.3. The van der Waals surface area contributed by atoms with Crippen LogP contribution in [0.2, 0.25) is 0 Å². The van der Waals surface area contributed by atoms with E-state index in [1.165, 1.54) is 11.8 Å². The zero-order chi connectivity index (χ0) is 24.8. The number of carbonyl (C=O) groups excluding carboxylic acids is 1. The van der Waals surface area contributed by atoms with Crippen molar-refractivity contribution in [2.24, 2.45) is 0 Å². The average molecular weight is 518 g/mol. The predicted molar refractivity (Wildman–Crippen MR) is 127 cm³/mol. The Morgan fingerprint density at radius 1 is 1.15 bits per heavy atom. The molecule has 7 nitrogen and oxygen atoms in total. The molecule has 1 heterocycles. The Balaban J connectivity index is 1.72. The Morgan fingerprint density at radius 3 is 2.44 bits per heavy atom. The molecule has 0 bridgehead atoms. The number of benzene rings is 2. The third-order valence-electron chi connectivity index (χ3n) is 5.21. The van der Waals surface area contributed by atoms with Crippen molar-refractivity contribution in [3.8, 4) is 0 Å². The summed E-state index contributed by atoms with van der Waals surface area (Å²) in [6.45, 7) is 2.81. The molecule has 0 saturated carbocycles. The van der Waals surface area contributed by atoms with Crippen molar-refractivity contribution in [3.63, 3.8) is 0 Å². The van der Waals surface area contributed by atoms with E-state index in [9.17, 15) is 26.4 Å². The highest BCUT2D eigenvalue weighted by Crippen LogP contribution is 2.30. The summed E-state index contributed by atoms with van der Waals surface area (Å²) >= 11 is 1.42. The normalized spacial score (nSPS) is 15.7. The van der Waals surface area contributed by atoms with Crippen LogP contribution < -0.4 is 14.9 Å². The molecule has 1 atom stereocenters. The number of sulfonamides is 1. The van der Waals surface area contributed by atoms with Crippen molar-refractivity contribution < 1.29 is 31.1 Å². The number of amides is 1. The van der Waals surface area contributed by atoms with Gasteiger partial charge in [-0.15, -0.1) is 0 Å². The van der Waals surface area contributed by atoms with Crippen LogP contribution in [0.25, 0.3) is 0 Å². The van der Waals surface area contributed by atoms with Crippen LogP contribution in [0.5, 0.6) is 0 Å². The molecule has 1 aliphatic heterocycles. The van der Waals surface area contributed by atoms with Crippen molar-refractivity contribution in [3.05, 3.63) is 54.1 Å². The molecule has 1 fully saturated rings. The maximum atomic E-state index is 13.0. The molecule has 0 aliphatic carbocycles. The molecule has 0 radical (unpaired) electrons. The van der Waals surface area contributed by atoms with E-state index in [1.807, 2.05) is 12.1 Å². The molecule has 0 unspecified atom stereocenters. The zero-order valence-corrected chi connectivity index (χ0v) is 20.1. The second kappa shape index (κ2) is 11.4. The summed E-state index contributed by atoms with van der Waals surface area (Å²) in [5.41, 5.74) is 0.376. The van der Waals surface area contributed by atoms with Gasteiger partial charge in [0.05, 0.1) is 23.7 Å². The first kappa shape index (κ1) is 26.3. The molecule has 1 aliphatic rings. The van der Waals surface area contributed by atoms with Gasteiger partial charge in [0.2, 0.25) is 15.9 Å². The van der Waals surface area contributed by atoms with E-state index in [2.05, 4.69) is 14.9 Å². The van der Waals surface area contributed by atoms with E-state index in [0.29, 0.717) is 30.7 Å². The SMILES string of the molecule is CSCC[C@H](NS(=O)(=O)c1cccc(C(F)(F)F)c1)C(=O)Nc1ccc(N2CCOCC2)cc1. The number of anilines is 2. The Labute approximate surface area is 201 Å². The van der Waals surface area contributed by atoms with Gasteiger partial charge in [-0.2, -0.15) is 29.7 Å². The summed E-state index contributed by atoms with van der Waals surface area (Å²) < 4.78 is 72.2. The lowest BCUT2D eigenvalue weighted by molar-refractivity contribution is -0.137. The molecular weight excluding hydrogens is 491 g/mol. The monoisotopic (exact) mass is 517 g/mol. The molecule has 1 amide bonds. The fraction of sp³-hybridized carbons (Fsp3) is 0.409. The van der Waals surface area contributed by atoms with Crippen LogP contribution in [0.3, 0.4) is 0 Å². The van der Waals surface area contributed by atoms with Gasteiger partial charge in [-0.1, -0.05) is 6.07 Å². The Hall–Kier alpha value is -2.28. The average Bonchev–Trinajstić information content (AvgIpc) is 2.82. The van der Waals surface area contributed by atoms with Gasteiger partial charge in [-0.25, -0.2) is 8.42 Å². The summed E-state index contributed by atoms with van der Waals surface area (Å²) in [7, 11) is -4.37. The second-order valence-electron chi connectivity index (χ2n) is 7.62. The fourth-order valence-corrected chi connectivity index (χ4v) is 5.13. The molecule has 0 aromatic heterocycles. The number of ether oxygens (including phenoxy) is 1. The molecule has 2 aromatic rings. The lowest BCUT2D eigenvalue weighted by atomic mass is 10.2. The fourth-order valence-electron chi connectivity index (χ4n) is 3.38. The largest absolute Gasteiger partial charge is 0.416 e. The van der Waals surface area contributed by atoms with E-state index >= 15 is 0 Å². The summed E-state index contributed by atoms with van der Waals surface area (Å²) in [5.74, 6) is -0.122. The Kier molecular flexibility index (Phi) is 8.85. The highest BCUT2D eigenvalue weighted by atomic mass is 32.2. The first-order valence-electron chi connectivity index (χ1n) is 10.5. The van der Waals surface area contributed by atoms with Crippen LogP contribution in [-0.2, 0) is 25.7 Å². The van der Waals surface area contributed by atoms with Gasteiger partial charge in [0, 0.05) is 24.5 Å². The van der Waals surface area contributed by atoms with Gasteiger partial charge in [0.15, 0.2) is 0 Å². The molecule has 1 saturated heterocycles. The molecule has 12 heteroatoms. The minimum atomic E-state index is -4.69. The minimum Gasteiger partial charge on any atom is -0.378 e. The van der Waals surface area contributed by atoms with Crippen molar-refractivity contribution in [2.45, 2.75) is 23.5 Å². The number of hydrogen-bond donors (Lipinski definition) is 2. The van der Waals surface area contributed by atoms with Crippen LogP contribution in [0.1, 0.15) is 12.0 Å². The summed E-state index contributed by atoms with van der Waals surface area (Å²) in [6, 6.07) is 9.40. The summed E-state index contributed by atoms with van der Waals surface area (Å²) in [4.78, 5) is 14.5. The van der Waals surface area contributed by atoms with E-state index in [1.54, 1.807) is 18.4 Å². The van der Waals surface area contributed by atoms with Crippen LogP contribution in [0, 0.1) is 0 Å². The number of morpholine rings is 1. The standard InChI is InChI=1S/C22H26F3N3O4S2/c1-33-14-9-20(27-34(30,31)19-4-2-3-16(15-19)22(23,24)25)21(29)26-17-5-7-18(8-6-17)28-10-12-32-13-11-28/h2-8,15,20,27H,9-14H2,1H3,(H,26,29)/t20-/m0/s1. The van der Waals surface area contributed by atoms with E-state index in [-0.39, 0.29) is 6.42 Å². The van der Waals surface area contributed by atoms with Crippen LogP contribution >= 0.6 is 11.8 Å². The molecule has 0 spiro atoms. The molecule has 2 aromatic carbocycles. The van der Waals surface area contributed by atoms with Crippen molar-refractivity contribution in [1.29, 1.82) is 0 Å². The van der Waals surface area contributed by atoms with Crippen LogP contribution in [0.4, 0.5) is 24.5 Å². The maximum Gasteiger partial charge on any atom is 0.416 e. The van der Waals surface area contributed by atoms with Crippen LogP contribution in [-0.4, -0.2) is 58.7 Å².